The first-order valence-electron chi connectivity index (χ1n) is 6.88. The number of pyridine rings is 1. The van der Waals surface area contributed by atoms with E-state index in [1.54, 1.807) is 0 Å². The summed E-state index contributed by atoms with van der Waals surface area (Å²) in [5, 5.41) is 4.36. The first-order chi connectivity index (χ1) is 9.38. The average Bonchev–Trinajstić information content (AvgIpc) is 3.09. The maximum atomic E-state index is 5.71. The largest absolute Gasteiger partial charge is 0.378 e. The SMILES string of the molecule is NNC(CCC1CCCO1)c1cnn2ccccc12. The Labute approximate surface area is 112 Å². The molecule has 1 aliphatic heterocycles. The van der Waals surface area contributed by atoms with Gasteiger partial charge in [-0.25, -0.2) is 4.52 Å². The number of hydrogen-bond donors (Lipinski definition) is 2. The van der Waals surface area contributed by atoms with Crippen molar-refractivity contribution in [1.82, 2.24) is 15.0 Å². The van der Waals surface area contributed by atoms with E-state index < -0.39 is 0 Å². The summed E-state index contributed by atoms with van der Waals surface area (Å²) < 4.78 is 7.54. The summed E-state index contributed by atoms with van der Waals surface area (Å²) in [6, 6.07) is 6.19. The van der Waals surface area contributed by atoms with E-state index in [1.165, 1.54) is 12.8 Å². The van der Waals surface area contributed by atoms with Crippen LogP contribution >= 0.6 is 0 Å². The number of aromatic nitrogens is 2. The summed E-state index contributed by atoms with van der Waals surface area (Å²) in [5.74, 6) is 5.71. The zero-order chi connectivity index (χ0) is 13.1. The highest BCUT2D eigenvalue weighted by Crippen LogP contribution is 2.26. The van der Waals surface area contributed by atoms with Crippen molar-refractivity contribution < 1.29 is 4.74 Å². The van der Waals surface area contributed by atoms with Gasteiger partial charge in [-0.2, -0.15) is 5.10 Å². The fraction of sp³-hybridized carbons (Fsp3) is 0.500. The van der Waals surface area contributed by atoms with E-state index in [9.17, 15) is 0 Å². The fourth-order valence-electron chi connectivity index (χ4n) is 2.78. The molecule has 2 aromatic rings. The molecule has 0 radical (unpaired) electrons. The van der Waals surface area contributed by atoms with Gasteiger partial charge in [0.2, 0.25) is 0 Å². The summed E-state index contributed by atoms with van der Waals surface area (Å²) >= 11 is 0. The third-order valence-electron chi connectivity index (χ3n) is 3.83. The maximum absolute atomic E-state index is 5.71. The first kappa shape index (κ1) is 12.6. The van der Waals surface area contributed by atoms with Crippen molar-refractivity contribution in [3.05, 3.63) is 36.2 Å². The molecule has 1 aliphatic rings. The molecular formula is C14H20N4O. The maximum Gasteiger partial charge on any atom is 0.0709 e. The minimum atomic E-state index is 0.129. The number of hydrogen-bond acceptors (Lipinski definition) is 4. The van der Waals surface area contributed by atoms with Gasteiger partial charge in [0, 0.05) is 24.4 Å². The number of nitrogens with zero attached hydrogens (tertiary/aromatic N) is 2. The lowest BCUT2D eigenvalue weighted by molar-refractivity contribution is 0.0996. The van der Waals surface area contributed by atoms with Crippen LogP contribution in [0.3, 0.4) is 0 Å². The Kier molecular flexibility index (Phi) is 3.77. The molecule has 2 unspecified atom stereocenters. The van der Waals surface area contributed by atoms with Crippen molar-refractivity contribution in [1.29, 1.82) is 0 Å². The van der Waals surface area contributed by atoms with Crippen molar-refractivity contribution >= 4 is 5.52 Å². The van der Waals surface area contributed by atoms with Crippen LogP contribution in [0.15, 0.2) is 30.6 Å². The van der Waals surface area contributed by atoms with Crippen LogP contribution in [0.1, 0.15) is 37.3 Å². The molecule has 102 valence electrons. The number of nitrogens with one attached hydrogen (secondary N) is 1. The summed E-state index contributed by atoms with van der Waals surface area (Å²) in [6.07, 6.45) is 8.62. The molecule has 0 spiro atoms. The van der Waals surface area contributed by atoms with Crippen molar-refractivity contribution in [3.8, 4) is 0 Å². The molecule has 0 bridgehead atoms. The Balaban J connectivity index is 1.73. The predicted octanol–water partition coefficient (Wildman–Crippen LogP) is 1.80. The lowest BCUT2D eigenvalue weighted by Crippen LogP contribution is -2.28. The summed E-state index contributed by atoms with van der Waals surface area (Å²) in [4.78, 5) is 0. The molecule has 5 nitrogen and oxygen atoms in total. The van der Waals surface area contributed by atoms with Gasteiger partial charge in [0.25, 0.3) is 0 Å². The van der Waals surface area contributed by atoms with E-state index in [4.69, 9.17) is 10.6 Å². The molecule has 0 saturated carbocycles. The van der Waals surface area contributed by atoms with E-state index >= 15 is 0 Å². The third-order valence-corrected chi connectivity index (χ3v) is 3.83. The second-order valence-electron chi connectivity index (χ2n) is 5.06. The lowest BCUT2D eigenvalue weighted by atomic mass is 10.0. The fourth-order valence-corrected chi connectivity index (χ4v) is 2.78. The van der Waals surface area contributed by atoms with Crippen molar-refractivity contribution in [3.63, 3.8) is 0 Å². The van der Waals surface area contributed by atoms with Gasteiger partial charge in [0.1, 0.15) is 0 Å². The number of fused-ring (bicyclic) bond motifs is 1. The molecule has 19 heavy (non-hydrogen) atoms. The first-order valence-corrected chi connectivity index (χ1v) is 6.88. The van der Waals surface area contributed by atoms with Gasteiger partial charge in [0.15, 0.2) is 0 Å². The Bertz CT molecular complexity index is 533. The van der Waals surface area contributed by atoms with Gasteiger partial charge in [0.05, 0.1) is 17.8 Å². The minimum absolute atomic E-state index is 0.129. The second kappa shape index (κ2) is 5.69. The van der Waals surface area contributed by atoms with Crippen LogP contribution in [-0.4, -0.2) is 22.3 Å². The normalized spacial score (nSPS) is 21.0. The van der Waals surface area contributed by atoms with Gasteiger partial charge in [-0.15, -0.1) is 0 Å². The molecule has 2 atom stereocenters. The molecular weight excluding hydrogens is 240 g/mol. The molecule has 3 heterocycles. The Morgan fingerprint density at radius 1 is 1.53 bits per heavy atom. The van der Waals surface area contributed by atoms with E-state index in [-0.39, 0.29) is 6.04 Å². The molecule has 0 amide bonds. The Morgan fingerprint density at radius 2 is 2.47 bits per heavy atom. The van der Waals surface area contributed by atoms with Crippen molar-refractivity contribution in [2.45, 2.75) is 37.8 Å². The van der Waals surface area contributed by atoms with E-state index in [0.29, 0.717) is 6.10 Å². The molecule has 1 saturated heterocycles. The second-order valence-corrected chi connectivity index (χ2v) is 5.06. The van der Waals surface area contributed by atoms with Crippen molar-refractivity contribution in [2.24, 2.45) is 5.84 Å². The van der Waals surface area contributed by atoms with Crippen LogP contribution in [0.25, 0.3) is 5.52 Å². The highest BCUT2D eigenvalue weighted by atomic mass is 16.5. The van der Waals surface area contributed by atoms with Gasteiger partial charge in [-0.3, -0.25) is 11.3 Å². The van der Waals surface area contributed by atoms with E-state index in [0.717, 1.165) is 30.5 Å². The zero-order valence-corrected chi connectivity index (χ0v) is 11.0. The molecule has 3 N–H and O–H groups in total. The van der Waals surface area contributed by atoms with Crippen LogP contribution < -0.4 is 11.3 Å². The van der Waals surface area contributed by atoms with Crippen LogP contribution in [0.5, 0.6) is 0 Å². The van der Waals surface area contributed by atoms with Crippen LogP contribution in [0, 0.1) is 0 Å². The van der Waals surface area contributed by atoms with Crippen LogP contribution in [-0.2, 0) is 4.74 Å². The summed E-state index contributed by atoms with van der Waals surface area (Å²) in [5.41, 5.74) is 5.17. The number of hydrazine groups is 1. The van der Waals surface area contributed by atoms with Gasteiger partial charge < -0.3 is 4.74 Å². The highest BCUT2D eigenvalue weighted by Gasteiger charge is 2.20. The summed E-state index contributed by atoms with van der Waals surface area (Å²) in [6.45, 7) is 0.905. The Hall–Kier alpha value is -1.43. The third kappa shape index (κ3) is 2.63. The van der Waals surface area contributed by atoms with E-state index in [1.807, 2.05) is 29.0 Å². The highest BCUT2D eigenvalue weighted by molar-refractivity contribution is 5.54. The topological polar surface area (TPSA) is 64.6 Å². The predicted molar refractivity (Wildman–Crippen MR) is 73.5 cm³/mol. The van der Waals surface area contributed by atoms with E-state index in [2.05, 4.69) is 16.6 Å². The number of ether oxygens (including phenoxy) is 1. The van der Waals surface area contributed by atoms with Crippen molar-refractivity contribution in [2.75, 3.05) is 6.61 Å². The van der Waals surface area contributed by atoms with Gasteiger partial charge in [-0.05, 0) is 37.8 Å². The molecule has 5 heteroatoms. The minimum Gasteiger partial charge on any atom is -0.378 e. The van der Waals surface area contributed by atoms with Crippen LogP contribution in [0.4, 0.5) is 0 Å². The van der Waals surface area contributed by atoms with Gasteiger partial charge in [-0.1, -0.05) is 6.07 Å². The monoisotopic (exact) mass is 260 g/mol. The molecule has 2 aromatic heterocycles. The molecule has 0 aliphatic carbocycles. The lowest BCUT2D eigenvalue weighted by Gasteiger charge is -2.17. The molecule has 3 rings (SSSR count). The quantitative estimate of drug-likeness (QED) is 0.635. The number of nitrogens with two attached hydrogens (primary N) is 1. The molecule has 0 aromatic carbocycles. The zero-order valence-electron chi connectivity index (χ0n) is 11.0. The summed E-state index contributed by atoms with van der Waals surface area (Å²) in [7, 11) is 0. The number of rotatable bonds is 5. The average molecular weight is 260 g/mol. The van der Waals surface area contributed by atoms with Crippen LogP contribution in [0.2, 0.25) is 0 Å². The Morgan fingerprint density at radius 3 is 3.26 bits per heavy atom. The van der Waals surface area contributed by atoms with Gasteiger partial charge >= 0.3 is 0 Å². The standard InChI is InChI=1S/C14H20N4O/c15-17-13(7-6-11-4-3-9-19-11)12-10-16-18-8-2-1-5-14(12)18/h1-2,5,8,10-11,13,17H,3-4,6-7,9,15H2. The molecule has 1 fully saturated rings. The smallest absolute Gasteiger partial charge is 0.0709 e.